The van der Waals surface area contributed by atoms with Gasteiger partial charge in [-0.2, -0.15) is 5.26 Å². The van der Waals surface area contributed by atoms with Crippen LogP contribution in [0, 0.1) is 11.3 Å². The van der Waals surface area contributed by atoms with Gasteiger partial charge in [-0.25, -0.2) is 0 Å². The molecule has 0 unspecified atom stereocenters. The van der Waals surface area contributed by atoms with E-state index in [1.54, 1.807) is 24.3 Å². The molecule has 0 fully saturated rings. The smallest absolute Gasteiger partial charge is 0.210 e. The molecule has 17 heavy (non-hydrogen) atoms. The molecule has 4 nitrogen and oxygen atoms in total. The Bertz CT molecular complexity index is 637. The maximum Gasteiger partial charge on any atom is 0.210 e. The summed E-state index contributed by atoms with van der Waals surface area (Å²) < 4.78 is 10.6. The minimum Gasteiger partial charge on any atom is -0.494 e. The summed E-state index contributed by atoms with van der Waals surface area (Å²) in [4.78, 5) is 11.8. The fraction of sp³-hybridized carbons (Fsp3) is 0.231. The van der Waals surface area contributed by atoms with Gasteiger partial charge < -0.3 is 9.15 Å². The molecule has 0 N–H and O–H groups in total. The van der Waals surface area contributed by atoms with Gasteiger partial charge in [0.15, 0.2) is 0 Å². The van der Waals surface area contributed by atoms with Gasteiger partial charge in [0.05, 0.1) is 12.0 Å². The van der Waals surface area contributed by atoms with Gasteiger partial charge in [0.2, 0.25) is 5.43 Å². The molecule has 0 spiro atoms. The summed E-state index contributed by atoms with van der Waals surface area (Å²) in [6.07, 6.45) is 2.07. The molecule has 0 aliphatic heterocycles. The first-order chi connectivity index (χ1) is 8.26. The maximum atomic E-state index is 11.8. The zero-order valence-corrected chi connectivity index (χ0v) is 9.40. The van der Waals surface area contributed by atoms with Crippen molar-refractivity contribution in [1.29, 1.82) is 5.26 Å². The van der Waals surface area contributed by atoms with Crippen molar-refractivity contribution in [3.8, 4) is 11.8 Å². The molecule has 0 aliphatic carbocycles. The minimum absolute atomic E-state index is 0.00476. The van der Waals surface area contributed by atoms with Gasteiger partial charge in [0, 0.05) is 0 Å². The van der Waals surface area contributed by atoms with E-state index in [-0.39, 0.29) is 11.0 Å². The van der Waals surface area contributed by atoms with Crippen molar-refractivity contribution < 1.29 is 9.15 Å². The van der Waals surface area contributed by atoms with Gasteiger partial charge in [-0.3, -0.25) is 4.79 Å². The SMILES string of the molecule is CCCOc1ccc2occ(C#N)c(=O)c2c1. The molecule has 2 rings (SSSR count). The molecule has 1 aromatic heterocycles. The standard InChI is InChI=1S/C13H11NO3/c1-2-5-16-10-3-4-12-11(6-10)13(15)9(7-14)8-17-12/h3-4,6,8H,2,5H2,1H3. The molecule has 0 atom stereocenters. The van der Waals surface area contributed by atoms with Gasteiger partial charge in [0.1, 0.15) is 29.2 Å². The predicted octanol–water partition coefficient (Wildman–Crippen LogP) is 2.45. The van der Waals surface area contributed by atoms with E-state index >= 15 is 0 Å². The van der Waals surface area contributed by atoms with Crippen LogP contribution in [-0.2, 0) is 0 Å². The second-order valence-electron chi connectivity index (χ2n) is 3.60. The van der Waals surface area contributed by atoms with E-state index in [0.29, 0.717) is 23.3 Å². The van der Waals surface area contributed by atoms with Crippen LogP contribution in [0.15, 0.2) is 33.7 Å². The third-order valence-electron chi connectivity index (χ3n) is 2.34. The third kappa shape index (κ3) is 2.13. The van der Waals surface area contributed by atoms with E-state index in [1.165, 1.54) is 6.26 Å². The summed E-state index contributed by atoms with van der Waals surface area (Å²) in [5.41, 5.74) is 0.138. The number of benzene rings is 1. The molecule has 1 aromatic carbocycles. The summed E-state index contributed by atoms with van der Waals surface area (Å²) in [6, 6.07) is 6.82. The topological polar surface area (TPSA) is 63.2 Å². The van der Waals surface area contributed by atoms with E-state index in [0.717, 1.165) is 6.42 Å². The van der Waals surface area contributed by atoms with Crippen molar-refractivity contribution in [2.24, 2.45) is 0 Å². The van der Waals surface area contributed by atoms with Crippen LogP contribution < -0.4 is 10.2 Å². The van der Waals surface area contributed by atoms with Crippen LogP contribution >= 0.6 is 0 Å². The lowest BCUT2D eigenvalue weighted by molar-refractivity contribution is 0.317. The maximum absolute atomic E-state index is 11.8. The number of nitriles is 1. The van der Waals surface area contributed by atoms with E-state index in [9.17, 15) is 4.79 Å². The first kappa shape index (κ1) is 11.2. The third-order valence-corrected chi connectivity index (χ3v) is 2.34. The van der Waals surface area contributed by atoms with Gasteiger partial charge in [0.25, 0.3) is 0 Å². The summed E-state index contributed by atoms with van der Waals surface area (Å²) >= 11 is 0. The van der Waals surface area contributed by atoms with Crippen molar-refractivity contribution in [1.82, 2.24) is 0 Å². The van der Waals surface area contributed by atoms with E-state index in [2.05, 4.69) is 0 Å². The molecule has 0 aliphatic rings. The Hall–Kier alpha value is -2.28. The molecule has 0 amide bonds. The lowest BCUT2D eigenvalue weighted by atomic mass is 10.2. The molecule has 0 saturated heterocycles. The summed E-state index contributed by atoms with van der Waals surface area (Å²) in [5.74, 6) is 0.613. The Morgan fingerprint density at radius 1 is 1.47 bits per heavy atom. The van der Waals surface area contributed by atoms with E-state index in [4.69, 9.17) is 14.4 Å². The average molecular weight is 229 g/mol. The fourth-order valence-corrected chi connectivity index (χ4v) is 1.50. The molecule has 0 bridgehead atoms. The number of fused-ring (bicyclic) bond motifs is 1. The second kappa shape index (κ2) is 4.71. The highest BCUT2D eigenvalue weighted by Gasteiger charge is 2.07. The number of hydrogen-bond acceptors (Lipinski definition) is 4. The van der Waals surface area contributed by atoms with Crippen LogP contribution in [0.1, 0.15) is 18.9 Å². The molecule has 0 saturated carbocycles. The highest BCUT2D eigenvalue weighted by molar-refractivity contribution is 5.79. The summed E-state index contributed by atoms with van der Waals surface area (Å²) in [7, 11) is 0. The predicted molar refractivity (Wildman–Crippen MR) is 63.0 cm³/mol. The van der Waals surface area contributed by atoms with Crippen LogP contribution in [-0.4, -0.2) is 6.61 Å². The monoisotopic (exact) mass is 229 g/mol. The highest BCUT2D eigenvalue weighted by atomic mass is 16.5. The Morgan fingerprint density at radius 3 is 3.00 bits per heavy atom. The fourth-order valence-electron chi connectivity index (χ4n) is 1.50. The van der Waals surface area contributed by atoms with Crippen LogP contribution in [0.2, 0.25) is 0 Å². The number of nitrogens with zero attached hydrogens (tertiary/aromatic N) is 1. The van der Waals surface area contributed by atoms with Gasteiger partial charge >= 0.3 is 0 Å². The van der Waals surface area contributed by atoms with Crippen molar-refractivity contribution in [3.05, 3.63) is 40.2 Å². The van der Waals surface area contributed by atoms with Crippen molar-refractivity contribution >= 4 is 11.0 Å². The molecule has 4 heteroatoms. The number of rotatable bonds is 3. The number of ether oxygens (including phenoxy) is 1. The van der Waals surface area contributed by atoms with E-state index < -0.39 is 0 Å². The summed E-state index contributed by atoms with van der Waals surface area (Å²) in [5, 5.41) is 9.12. The lowest BCUT2D eigenvalue weighted by Gasteiger charge is -2.04. The molecule has 1 heterocycles. The first-order valence-electron chi connectivity index (χ1n) is 5.34. The molecule has 2 aromatic rings. The van der Waals surface area contributed by atoms with Crippen LogP contribution in [0.3, 0.4) is 0 Å². The molecular formula is C13H11NO3. The first-order valence-corrected chi connectivity index (χ1v) is 5.34. The van der Waals surface area contributed by atoms with Crippen molar-refractivity contribution in [2.45, 2.75) is 13.3 Å². The Balaban J connectivity index is 2.55. The van der Waals surface area contributed by atoms with Crippen LogP contribution in [0.5, 0.6) is 5.75 Å². The molecule has 0 radical (unpaired) electrons. The van der Waals surface area contributed by atoms with Gasteiger partial charge in [-0.15, -0.1) is 0 Å². The minimum atomic E-state index is -0.323. The zero-order chi connectivity index (χ0) is 12.3. The average Bonchev–Trinajstić information content (AvgIpc) is 2.37. The Morgan fingerprint density at radius 2 is 2.29 bits per heavy atom. The normalized spacial score (nSPS) is 10.1. The quantitative estimate of drug-likeness (QED) is 0.810. The Labute approximate surface area is 98.0 Å². The van der Waals surface area contributed by atoms with Crippen molar-refractivity contribution in [3.63, 3.8) is 0 Å². The lowest BCUT2D eigenvalue weighted by Crippen LogP contribution is -2.05. The van der Waals surface area contributed by atoms with Gasteiger partial charge in [-0.05, 0) is 24.6 Å². The van der Waals surface area contributed by atoms with E-state index in [1.807, 2.05) is 6.92 Å². The number of hydrogen-bond donors (Lipinski definition) is 0. The van der Waals surface area contributed by atoms with Crippen molar-refractivity contribution in [2.75, 3.05) is 6.61 Å². The van der Waals surface area contributed by atoms with Gasteiger partial charge in [-0.1, -0.05) is 6.92 Å². The van der Waals surface area contributed by atoms with Crippen LogP contribution in [0.4, 0.5) is 0 Å². The molecular weight excluding hydrogens is 218 g/mol. The zero-order valence-electron chi connectivity index (χ0n) is 9.40. The summed E-state index contributed by atoms with van der Waals surface area (Å²) in [6.45, 7) is 2.60. The highest BCUT2D eigenvalue weighted by Crippen LogP contribution is 2.18. The van der Waals surface area contributed by atoms with Crippen LogP contribution in [0.25, 0.3) is 11.0 Å². The molecule has 86 valence electrons. The second-order valence-corrected chi connectivity index (χ2v) is 3.60. The Kier molecular flexibility index (Phi) is 3.10. The largest absolute Gasteiger partial charge is 0.494 e.